The van der Waals surface area contributed by atoms with Gasteiger partial charge in [-0.05, 0) is 38.1 Å². The lowest BCUT2D eigenvalue weighted by atomic mass is 10.2. The highest BCUT2D eigenvalue weighted by Crippen LogP contribution is 2.20. The van der Waals surface area contributed by atoms with Crippen LogP contribution in [0.25, 0.3) is 5.69 Å². The first-order valence-corrected chi connectivity index (χ1v) is 7.47. The minimum Gasteiger partial charge on any atom is -0.333 e. The molecule has 1 aliphatic heterocycles. The summed E-state index contributed by atoms with van der Waals surface area (Å²) in [6.45, 7) is 1.53. The molecule has 0 saturated carbocycles. The summed E-state index contributed by atoms with van der Waals surface area (Å²) in [5.74, 6) is -0.452. The molecule has 0 spiro atoms. The number of carbonyl (C=O) groups is 1. The monoisotopic (exact) mass is 302 g/mol. The number of hydrogen-bond acceptors (Lipinski definition) is 3. The Hall–Kier alpha value is -2.21. The van der Waals surface area contributed by atoms with Crippen molar-refractivity contribution in [1.82, 2.24) is 20.0 Å². The summed E-state index contributed by atoms with van der Waals surface area (Å²) in [7, 11) is 1.88. The van der Waals surface area contributed by atoms with Crippen LogP contribution in [-0.4, -0.2) is 46.8 Å². The van der Waals surface area contributed by atoms with Gasteiger partial charge < -0.3 is 10.2 Å². The van der Waals surface area contributed by atoms with Gasteiger partial charge in [-0.3, -0.25) is 4.79 Å². The van der Waals surface area contributed by atoms with E-state index in [1.54, 1.807) is 30.5 Å². The van der Waals surface area contributed by atoms with E-state index in [0.717, 1.165) is 25.9 Å². The zero-order valence-corrected chi connectivity index (χ0v) is 12.5. The van der Waals surface area contributed by atoms with Gasteiger partial charge in [0.1, 0.15) is 11.5 Å². The van der Waals surface area contributed by atoms with Crippen LogP contribution in [0.15, 0.2) is 36.5 Å². The molecule has 116 valence electrons. The third kappa shape index (κ3) is 2.74. The molecule has 1 aromatic carbocycles. The van der Waals surface area contributed by atoms with Gasteiger partial charge in [0.15, 0.2) is 5.69 Å². The summed E-state index contributed by atoms with van der Waals surface area (Å²) in [4.78, 5) is 14.4. The summed E-state index contributed by atoms with van der Waals surface area (Å²) >= 11 is 0. The number of para-hydroxylation sites is 1. The lowest BCUT2D eigenvalue weighted by Gasteiger charge is -2.23. The average molecular weight is 302 g/mol. The molecular weight excluding hydrogens is 283 g/mol. The van der Waals surface area contributed by atoms with Crippen molar-refractivity contribution in [2.45, 2.75) is 18.9 Å². The van der Waals surface area contributed by atoms with Crippen molar-refractivity contribution in [3.8, 4) is 5.69 Å². The predicted molar refractivity (Wildman–Crippen MR) is 81.5 cm³/mol. The number of likely N-dealkylation sites (N-methyl/N-ethyl adjacent to an activating group) is 1. The number of hydrogen-bond donors (Lipinski definition) is 1. The molecule has 0 radical (unpaired) electrons. The molecule has 3 rings (SSSR count). The molecule has 1 N–H and O–H groups in total. The lowest BCUT2D eigenvalue weighted by molar-refractivity contribution is 0.0730. The second-order valence-electron chi connectivity index (χ2n) is 5.45. The molecule has 22 heavy (non-hydrogen) atoms. The molecule has 2 aromatic rings. The van der Waals surface area contributed by atoms with Gasteiger partial charge in [-0.15, -0.1) is 0 Å². The molecule has 1 saturated heterocycles. The van der Waals surface area contributed by atoms with Gasteiger partial charge in [-0.1, -0.05) is 12.1 Å². The lowest BCUT2D eigenvalue weighted by Crippen LogP contribution is -2.41. The zero-order chi connectivity index (χ0) is 15.5. The Balaban J connectivity index is 1.82. The third-order valence-corrected chi connectivity index (χ3v) is 3.99. The normalized spacial score (nSPS) is 17.9. The third-order valence-electron chi connectivity index (χ3n) is 3.99. The van der Waals surface area contributed by atoms with Crippen LogP contribution in [0.1, 0.15) is 23.3 Å². The number of amides is 1. The van der Waals surface area contributed by atoms with Crippen molar-refractivity contribution in [3.05, 3.63) is 48.0 Å². The first kappa shape index (κ1) is 14.7. The molecule has 1 fully saturated rings. The van der Waals surface area contributed by atoms with Crippen molar-refractivity contribution in [3.63, 3.8) is 0 Å². The van der Waals surface area contributed by atoms with E-state index in [-0.39, 0.29) is 17.8 Å². The molecule has 2 heterocycles. The Morgan fingerprint density at radius 2 is 2.23 bits per heavy atom. The van der Waals surface area contributed by atoms with Crippen LogP contribution in [0.2, 0.25) is 0 Å². The maximum atomic E-state index is 13.8. The fourth-order valence-corrected chi connectivity index (χ4v) is 2.91. The van der Waals surface area contributed by atoms with Gasteiger partial charge in [0.2, 0.25) is 0 Å². The van der Waals surface area contributed by atoms with E-state index in [1.807, 2.05) is 11.9 Å². The fourth-order valence-electron chi connectivity index (χ4n) is 2.91. The van der Waals surface area contributed by atoms with Gasteiger partial charge in [0.05, 0.1) is 0 Å². The van der Waals surface area contributed by atoms with E-state index in [0.29, 0.717) is 11.4 Å². The van der Waals surface area contributed by atoms with Gasteiger partial charge in [0, 0.05) is 25.3 Å². The average Bonchev–Trinajstić information content (AvgIpc) is 3.17. The van der Waals surface area contributed by atoms with E-state index < -0.39 is 0 Å². The second-order valence-corrected chi connectivity index (χ2v) is 5.45. The van der Waals surface area contributed by atoms with Crippen molar-refractivity contribution in [2.75, 3.05) is 20.1 Å². The summed E-state index contributed by atoms with van der Waals surface area (Å²) in [5, 5.41) is 7.36. The van der Waals surface area contributed by atoms with Gasteiger partial charge >= 0.3 is 0 Å². The highest BCUT2D eigenvalue weighted by atomic mass is 19.1. The number of rotatable bonds is 4. The first-order chi connectivity index (χ1) is 10.7. The number of benzene rings is 1. The van der Waals surface area contributed by atoms with Gasteiger partial charge in [-0.25, -0.2) is 9.07 Å². The van der Waals surface area contributed by atoms with Crippen LogP contribution < -0.4 is 5.32 Å². The van der Waals surface area contributed by atoms with Gasteiger partial charge in [-0.2, -0.15) is 5.10 Å². The quantitative estimate of drug-likeness (QED) is 0.937. The van der Waals surface area contributed by atoms with Crippen LogP contribution >= 0.6 is 0 Å². The number of aromatic nitrogens is 2. The Kier molecular flexibility index (Phi) is 4.20. The van der Waals surface area contributed by atoms with Crippen molar-refractivity contribution >= 4 is 5.91 Å². The molecule has 6 heteroatoms. The molecule has 1 aliphatic rings. The van der Waals surface area contributed by atoms with Crippen LogP contribution in [0.5, 0.6) is 0 Å². The summed E-state index contributed by atoms with van der Waals surface area (Å²) < 4.78 is 15.2. The van der Waals surface area contributed by atoms with Crippen LogP contribution in [-0.2, 0) is 0 Å². The van der Waals surface area contributed by atoms with Crippen LogP contribution in [0.3, 0.4) is 0 Å². The molecular formula is C16H19FN4O. The number of halogens is 1. The zero-order valence-electron chi connectivity index (χ0n) is 12.5. The van der Waals surface area contributed by atoms with Crippen LogP contribution in [0, 0.1) is 5.82 Å². The summed E-state index contributed by atoms with van der Waals surface area (Å²) in [5.41, 5.74) is 0.695. The minimum atomic E-state index is -0.362. The standard InChI is InChI=1S/C16H19FN4O/c1-18-11-12-5-4-9-20(12)16(22)14-8-10-21(19-14)15-7-3-2-6-13(15)17/h2-3,6-8,10,12,18H,4-5,9,11H2,1H3/t12-/m0/s1. The highest BCUT2D eigenvalue weighted by molar-refractivity contribution is 5.92. The molecule has 0 aliphatic carbocycles. The molecule has 5 nitrogen and oxygen atoms in total. The predicted octanol–water partition coefficient (Wildman–Crippen LogP) is 1.84. The highest BCUT2D eigenvalue weighted by Gasteiger charge is 2.30. The number of carbonyl (C=O) groups excluding carboxylic acids is 1. The Labute approximate surface area is 128 Å². The molecule has 0 bridgehead atoms. The van der Waals surface area contributed by atoms with Crippen LogP contribution in [0.4, 0.5) is 4.39 Å². The Morgan fingerprint density at radius 1 is 1.41 bits per heavy atom. The Morgan fingerprint density at radius 3 is 3.00 bits per heavy atom. The molecule has 1 atom stereocenters. The number of nitrogens with zero attached hydrogens (tertiary/aromatic N) is 3. The maximum Gasteiger partial charge on any atom is 0.274 e. The van der Waals surface area contributed by atoms with Gasteiger partial charge in [0.25, 0.3) is 5.91 Å². The number of likely N-dealkylation sites (tertiary alicyclic amines) is 1. The Bertz CT molecular complexity index is 670. The summed E-state index contributed by atoms with van der Waals surface area (Å²) in [6, 6.07) is 8.23. The van der Waals surface area contributed by atoms with E-state index in [9.17, 15) is 9.18 Å². The molecule has 1 amide bonds. The van der Waals surface area contributed by atoms with Crippen molar-refractivity contribution in [1.29, 1.82) is 0 Å². The molecule has 1 aromatic heterocycles. The minimum absolute atomic E-state index is 0.0900. The topological polar surface area (TPSA) is 50.2 Å². The van der Waals surface area contributed by atoms with E-state index in [4.69, 9.17) is 0 Å². The van der Waals surface area contributed by atoms with Crippen molar-refractivity contribution in [2.24, 2.45) is 0 Å². The SMILES string of the molecule is CNC[C@@H]1CCCN1C(=O)c1ccn(-c2ccccc2F)n1. The fraction of sp³-hybridized carbons (Fsp3) is 0.375. The van der Waals surface area contributed by atoms with E-state index in [1.165, 1.54) is 10.7 Å². The number of nitrogens with one attached hydrogen (secondary N) is 1. The summed E-state index contributed by atoms with van der Waals surface area (Å²) in [6.07, 6.45) is 3.63. The largest absolute Gasteiger partial charge is 0.333 e. The first-order valence-electron chi connectivity index (χ1n) is 7.47. The maximum absolute atomic E-state index is 13.8. The second kappa shape index (κ2) is 6.27. The molecule has 0 unspecified atom stereocenters. The van der Waals surface area contributed by atoms with E-state index in [2.05, 4.69) is 10.4 Å². The smallest absolute Gasteiger partial charge is 0.274 e. The van der Waals surface area contributed by atoms with Crippen molar-refractivity contribution < 1.29 is 9.18 Å². The van der Waals surface area contributed by atoms with E-state index >= 15 is 0 Å².